The van der Waals surface area contributed by atoms with Gasteiger partial charge in [0.25, 0.3) is 5.91 Å². The number of carbonyl (C=O) groups excluding carboxylic acids is 1. The van der Waals surface area contributed by atoms with Crippen LogP contribution >= 0.6 is 0 Å². The number of hydrogen-bond acceptors (Lipinski definition) is 3. The van der Waals surface area contributed by atoms with Crippen molar-refractivity contribution in [1.29, 1.82) is 0 Å². The Kier molecular flexibility index (Phi) is 5.31. The lowest BCUT2D eigenvalue weighted by atomic mass is 10.2. The van der Waals surface area contributed by atoms with Crippen LogP contribution in [0.2, 0.25) is 0 Å². The molecule has 0 aliphatic carbocycles. The zero-order chi connectivity index (χ0) is 16.9. The summed E-state index contributed by atoms with van der Waals surface area (Å²) in [4.78, 5) is 13.8. The highest BCUT2D eigenvalue weighted by atomic mass is 32.2. The highest BCUT2D eigenvalue weighted by Gasteiger charge is 2.10. The molecule has 0 spiro atoms. The number of carbonyl (C=O) groups is 1. The van der Waals surface area contributed by atoms with Gasteiger partial charge < -0.3 is 4.90 Å². The number of anilines is 1. The lowest BCUT2D eigenvalue weighted by Gasteiger charge is -2.14. The van der Waals surface area contributed by atoms with Gasteiger partial charge in [-0.05, 0) is 43.0 Å². The molecule has 0 fully saturated rings. The summed E-state index contributed by atoms with van der Waals surface area (Å²) in [7, 11) is -0.384. The SMILES string of the molecule is CNS(=O)(=O)c1ccc(/C=C/C(=O)N(C)c2ccccc2)cc1. The average Bonchev–Trinajstić information content (AvgIpc) is 2.60. The van der Waals surface area contributed by atoms with Gasteiger partial charge in [-0.2, -0.15) is 0 Å². The van der Waals surface area contributed by atoms with E-state index in [-0.39, 0.29) is 10.8 Å². The lowest BCUT2D eigenvalue weighted by Crippen LogP contribution is -2.23. The van der Waals surface area contributed by atoms with Gasteiger partial charge in [0.05, 0.1) is 4.90 Å². The van der Waals surface area contributed by atoms with Gasteiger partial charge >= 0.3 is 0 Å². The molecular weight excluding hydrogens is 312 g/mol. The molecule has 2 rings (SSSR count). The molecule has 1 amide bonds. The van der Waals surface area contributed by atoms with E-state index in [0.29, 0.717) is 0 Å². The first-order valence-electron chi connectivity index (χ1n) is 6.98. The predicted molar refractivity (Wildman–Crippen MR) is 91.6 cm³/mol. The standard InChI is InChI=1S/C17H18N2O3S/c1-18-23(21,22)16-11-8-14(9-12-16)10-13-17(20)19(2)15-6-4-3-5-7-15/h3-13,18H,1-2H3/b13-10+. The van der Waals surface area contributed by atoms with E-state index < -0.39 is 10.0 Å². The zero-order valence-electron chi connectivity index (χ0n) is 12.9. The zero-order valence-corrected chi connectivity index (χ0v) is 13.7. The third-order valence-electron chi connectivity index (χ3n) is 3.35. The van der Waals surface area contributed by atoms with Gasteiger partial charge in [0, 0.05) is 18.8 Å². The van der Waals surface area contributed by atoms with Crippen LogP contribution < -0.4 is 9.62 Å². The molecule has 2 aromatic carbocycles. The van der Waals surface area contributed by atoms with Gasteiger partial charge in [0.15, 0.2) is 0 Å². The summed E-state index contributed by atoms with van der Waals surface area (Å²) in [6.45, 7) is 0. The molecule has 5 nitrogen and oxygen atoms in total. The minimum atomic E-state index is -3.44. The number of nitrogens with zero attached hydrogens (tertiary/aromatic N) is 1. The summed E-state index contributed by atoms with van der Waals surface area (Å²) in [6, 6.07) is 15.6. The Morgan fingerprint density at radius 1 is 1.04 bits per heavy atom. The van der Waals surface area contributed by atoms with E-state index in [2.05, 4.69) is 4.72 Å². The van der Waals surface area contributed by atoms with Crippen LogP contribution in [0.4, 0.5) is 5.69 Å². The maximum atomic E-state index is 12.1. The van der Waals surface area contributed by atoms with Crippen molar-refractivity contribution in [3.63, 3.8) is 0 Å². The van der Waals surface area contributed by atoms with Gasteiger partial charge in [-0.1, -0.05) is 30.3 Å². The highest BCUT2D eigenvalue weighted by Crippen LogP contribution is 2.13. The Morgan fingerprint density at radius 3 is 2.22 bits per heavy atom. The average molecular weight is 330 g/mol. The fraction of sp³-hybridized carbons (Fsp3) is 0.118. The quantitative estimate of drug-likeness (QED) is 0.855. The molecule has 0 radical (unpaired) electrons. The second-order valence-electron chi connectivity index (χ2n) is 4.84. The molecular formula is C17H18N2O3S. The Bertz CT molecular complexity index is 797. The van der Waals surface area contributed by atoms with Crippen molar-refractivity contribution in [3.8, 4) is 0 Å². The number of likely N-dealkylation sites (N-methyl/N-ethyl adjacent to an activating group) is 1. The largest absolute Gasteiger partial charge is 0.312 e. The molecule has 0 unspecified atom stereocenters. The number of nitrogens with one attached hydrogen (secondary N) is 1. The molecule has 0 bridgehead atoms. The van der Waals surface area contributed by atoms with Crippen LogP contribution in [-0.2, 0) is 14.8 Å². The number of para-hydroxylation sites is 1. The van der Waals surface area contributed by atoms with Gasteiger partial charge in [0.1, 0.15) is 0 Å². The number of rotatable bonds is 5. The van der Waals surface area contributed by atoms with E-state index in [9.17, 15) is 13.2 Å². The molecule has 0 aliphatic heterocycles. The molecule has 2 aromatic rings. The van der Waals surface area contributed by atoms with Gasteiger partial charge in [0.2, 0.25) is 10.0 Å². The van der Waals surface area contributed by atoms with E-state index in [0.717, 1.165) is 11.3 Å². The van der Waals surface area contributed by atoms with E-state index in [4.69, 9.17) is 0 Å². The van der Waals surface area contributed by atoms with Crippen LogP contribution in [0.5, 0.6) is 0 Å². The molecule has 0 saturated carbocycles. The lowest BCUT2D eigenvalue weighted by molar-refractivity contribution is -0.113. The predicted octanol–water partition coefficient (Wildman–Crippen LogP) is 2.27. The molecule has 0 aromatic heterocycles. The van der Waals surface area contributed by atoms with Crippen LogP contribution in [0.1, 0.15) is 5.56 Å². The molecule has 6 heteroatoms. The summed E-state index contributed by atoms with van der Waals surface area (Å²) < 4.78 is 25.5. The van der Waals surface area contributed by atoms with Crippen molar-refractivity contribution in [1.82, 2.24) is 4.72 Å². The minimum absolute atomic E-state index is 0.164. The smallest absolute Gasteiger partial charge is 0.250 e. The number of hydrogen-bond donors (Lipinski definition) is 1. The Labute approximate surface area is 136 Å². The highest BCUT2D eigenvalue weighted by molar-refractivity contribution is 7.89. The summed E-state index contributed by atoms with van der Waals surface area (Å²) in [5.74, 6) is -0.164. The summed E-state index contributed by atoms with van der Waals surface area (Å²) in [5.41, 5.74) is 1.55. The Balaban J connectivity index is 2.10. The van der Waals surface area contributed by atoms with Gasteiger partial charge in [-0.25, -0.2) is 13.1 Å². The normalized spacial score (nSPS) is 11.6. The molecule has 1 N–H and O–H groups in total. The van der Waals surface area contributed by atoms with Crippen molar-refractivity contribution in [2.45, 2.75) is 4.90 Å². The monoisotopic (exact) mass is 330 g/mol. The van der Waals surface area contributed by atoms with E-state index >= 15 is 0 Å². The number of amides is 1. The van der Waals surface area contributed by atoms with Gasteiger partial charge in [-0.3, -0.25) is 4.79 Å². The van der Waals surface area contributed by atoms with E-state index in [1.165, 1.54) is 30.2 Å². The fourth-order valence-electron chi connectivity index (χ4n) is 1.93. The van der Waals surface area contributed by atoms with Crippen LogP contribution in [0.15, 0.2) is 65.6 Å². The Morgan fingerprint density at radius 2 is 1.65 bits per heavy atom. The molecule has 0 aliphatic rings. The first kappa shape index (κ1) is 16.9. The van der Waals surface area contributed by atoms with Crippen molar-refractivity contribution in [3.05, 3.63) is 66.2 Å². The van der Waals surface area contributed by atoms with Crippen LogP contribution in [0.25, 0.3) is 6.08 Å². The van der Waals surface area contributed by atoms with Gasteiger partial charge in [-0.15, -0.1) is 0 Å². The molecule has 23 heavy (non-hydrogen) atoms. The third-order valence-corrected chi connectivity index (χ3v) is 4.78. The van der Waals surface area contributed by atoms with E-state index in [1.807, 2.05) is 30.3 Å². The molecule has 0 heterocycles. The fourth-order valence-corrected chi connectivity index (χ4v) is 2.66. The van der Waals surface area contributed by atoms with Crippen molar-refractivity contribution in [2.24, 2.45) is 0 Å². The molecule has 120 valence electrons. The number of sulfonamides is 1. The Hall–Kier alpha value is -2.44. The third kappa shape index (κ3) is 4.28. The number of benzene rings is 2. The summed E-state index contributed by atoms with van der Waals surface area (Å²) in [5, 5.41) is 0. The first-order chi connectivity index (χ1) is 10.9. The summed E-state index contributed by atoms with van der Waals surface area (Å²) in [6.07, 6.45) is 3.10. The first-order valence-corrected chi connectivity index (χ1v) is 8.47. The maximum absolute atomic E-state index is 12.1. The van der Waals surface area contributed by atoms with Crippen LogP contribution in [0.3, 0.4) is 0 Å². The van der Waals surface area contributed by atoms with Crippen LogP contribution in [-0.4, -0.2) is 28.4 Å². The maximum Gasteiger partial charge on any atom is 0.250 e. The van der Waals surface area contributed by atoms with Crippen LogP contribution in [0, 0.1) is 0 Å². The second-order valence-corrected chi connectivity index (χ2v) is 6.73. The minimum Gasteiger partial charge on any atom is -0.312 e. The van der Waals surface area contributed by atoms with E-state index in [1.54, 1.807) is 25.3 Å². The second kappa shape index (κ2) is 7.21. The van der Waals surface area contributed by atoms with Crippen molar-refractivity contribution in [2.75, 3.05) is 19.0 Å². The molecule has 0 atom stereocenters. The van der Waals surface area contributed by atoms with Crippen molar-refractivity contribution >= 4 is 27.7 Å². The molecule has 0 saturated heterocycles. The van der Waals surface area contributed by atoms with Crippen molar-refractivity contribution < 1.29 is 13.2 Å². The topological polar surface area (TPSA) is 66.5 Å². The summed E-state index contributed by atoms with van der Waals surface area (Å²) >= 11 is 0.